The predicted octanol–water partition coefficient (Wildman–Crippen LogP) is 3.39. The van der Waals surface area contributed by atoms with Crippen molar-refractivity contribution in [1.29, 1.82) is 0 Å². The van der Waals surface area contributed by atoms with Gasteiger partial charge >= 0.3 is 5.97 Å². The van der Waals surface area contributed by atoms with Crippen LogP contribution in [0, 0.1) is 0 Å². The van der Waals surface area contributed by atoms with Gasteiger partial charge in [-0.1, -0.05) is 13.0 Å². The molecule has 0 aliphatic rings. The smallest absolute Gasteiger partial charge is 0.350 e. The van der Waals surface area contributed by atoms with Crippen LogP contribution in [0.15, 0.2) is 30.5 Å². The Morgan fingerprint density at radius 2 is 2.26 bits per heavy atom. The van der Waals surface area contributed by atoms with Gasteiger partial charge in [-0.2, -0.15) is 0 Å². The molecule has 3 aromatic rings. The molecular formula is C17H19N3O2S. The summed E-state index contributed by atoms with van der Waals surface area (Å²) >= 11 is 1.43. The zero-order valence-electron chi connectivity index (χ0n) is 13.1. The first-order valence-electron chi connectivity index (χ1n) is 7.53. The lowest BCUT2D eigenvalue weighted by molar-refractivity contribution is 0.0607. The number of carbonyl (C=O) groups is 1. The van der Waals surface area contributed by atoms with Crippen LogP contribution < -0.4 is 11.1 Å². The molecule has 0 radical (unpaired) electrons. The maximum absolute atomic E-state index is 12.2. The molecule has 3 rings (SSSR count). The van der Waals surface area contributed by atoms with E-state index in [0.717, 1.165) is 33.1 Å². The number of esters is 1. The summed E-state index contributed by atoms with van der Waals surface area (Å²) in [6, 6.07) is 7.91. The molecule has 0 saturated carbocycles. The van der Waals surface area contributed by atoms with E-state index in [-0.39, 0.29) is 12.0 Å². The van der Waals surface area contributed by atoms with Crippen LogP contribution in [-0.4, -0.2) is 30.6 Å². The number of nitrogens with zero attached hydrogens (tertiary/aromatic N) is 1. The second kappa shape index (κ2) is 6.52. The fourth-order valence-electron chi connectivity index (χ4n) is 2.53. The molecule has 1 aromatic carbocycles. The van der Waals surface area contributed by atoms with E-state index in [0.29, 0.717) is 11.4 Å². The molecule has 0 aliphatic carbocycles. The summed E-state index contributed by atoms with van der Waals surface area (Å²) in [6.45, 7) is 2.64. The summed E-state index contributed by atoms with van der Waals surface area (Å²) in [4.78, 5) is 17.1. The molecule has 3 N–H and O–H groups in total. The fourth-order valence-corrected chi connectivity index (χ4v) is 3.65. The first-order chi connectivity index (χ1) is 11.2. The van der Waals surface area contributed by atoms with E-state index >= 15 is 0 Å². The highest BCUT2D eigenvalue weighted by Gasteiger charge is 2.21. The largest absolute Gasteiger partial charge is 0.465 e. The summed E-state index contributed by atoms with van der Waals surface area (Å²) in [5.74, 6) is -0.337. The normalized spacial score (nSPS) is 12.5. The number of benzene rings is 1. The minimum absolute atomic E-state index is 0.0311. The van der Waals surface area contributed by atoms with Crippen molar-refractivity contribution in [1.82, 2.24) is 4.98 Å². The number of nitrogens with one attached hydrogen (secondary N) is 1. The van der Waals surface area contributed by atoms with Crippen LogP contribution in [0.1, 0.15) is 23.0 Å². The topological polar surface area (TPSA) is 77.2 Å². The number of hydrogen-bond acceptors (Lipinski definition) is 6. The highest BCUT2D eigenvalue weighted by Crippen LogP contribution is 2.40. The average molecular weight is 329 g/mol. The third-order valence-corrected chi connectivity index (χ3v) is 5.01. The molecular weight excluding hydrogens is 310 g/mol. The number of thiophene rings is 1. The Hall–Kier alpha value is -2.18. The van der Waals surface area contributed by atoms with Crippen LogP contribution in [-0.2, 0) is 4.74 Å². The number of aromatic nitrogens is 1. The summed E-state index contributed by atoms with van der Waals surface area (Å²) in [5.41, 5.74) is 7.71. The summed E-state index contributed by atoms with van der Waals surface area (Å²) in [7, 11) is 1.40. The molecule has 0 fully saturated rings. The highest BCUT2D eigenvalue weighted by atomic mass is 32.1. The molecule has 1 unspecified atom stereocenters. The van der Waals surface area contributed by atoms with Crippen LogP contribution >= 0.6 is 11.3 Å². The Kier molecular flexibility index (Phi) is 4.45. The second-order valence-corrected chi connectivity index (χ2v) is 6.41. The molecule has 0 aliphatic heterocycles. The highest BCUT2D eigenvalue weighted by molar-refractivity contribution is 7.21. The standard InChI is InChI=1S/C17H19N3O2S/c1-3-10(18)9-20-15-14-11-5-4-8-19-12(11)6-7-13(14)23-16(15)17(21)22-2/h4-8,10,20H,3,9,18H2,1-2H3. The van der Waals surface area contributed by atoms with Gasteiger partial charge in [-0.05, 0) is 24.6 Å². The van der Waals surface area contributed by atoms with Gasteiger partial charge in [0.15, 0.2) is 0 Å². The summed E-state index contributed by atoms with van der Waals surface area (Å²) in [5, 5.41) is 5.37. The van der Waals surface area contributed by atoms with E-state index in [1.807, 2.05) is 31.2 Å². The minimum Gasteiger partial charge on any atom is -0.465 e. The van der Waals surface area contributed by atoms with Crippen molar-refractivity contribution in [2.75, 3.05) is 19.0 Å². The van der Waals surface area contributed by atoms with Crippen LogP contribution in [0.5, 0.6) is 0 Å². The van der Waals surface area contributed by atoms with Crippen molar-refractivity contribution in [3.8, 4) is 0 Å². The Labute approximate surface area is 138 Å². The Balaban J connectivity index is 2.21. The number of methoxy groups -OCH3 is 1. The number of carbonyl (C=O) groups excluding carboxylic acids is 1. The molecule has 0 bridgehead atoms. The van der Waals surface area contributed by atoms with E-state index in [4.69, 9.17) is 10.5 Å². The molecule has 0 amide bonds. The van der Waals surface area contributed by atoms with E-state index < -0.39 is 0 Å². The van der Waals surface area contributed by atoms with Crippen LogP contribution in [0.4, 0.5) is 5.69 Å². The van der Waals surface area contributed by atoms with Crippen molar-refractivity contribution in [3.63, 3.8) is 0 Å². The van der Waals surface area contributed by atoms with Gasteiger partial charge in [0.25, 0.3) is 0 Å². The lowest BCUT2D eigenvalue weighted by Crippen LogP contribution is -2.28. The molecule has 2 heterocycles. The molecule has 120 valence electrons. The minimum atomic E-state index is -0.337. The zero-order chi connectivity index (χ0) is 16.4. The lowest BCUT2D eigenvalue weighted by atomic mass is 10.1. The third-order valence-electron chi connectivity index (χ3n) is 3.87. The monoisotopic (exact) mass is 329 g/mol. The van der Waals surface area contributed by atoms with Gasteiger partial charge in [-0.15, -0.1) is 11.3 Å². The molecule has 0 saturated heterocycles. The molecule has 23 heavy (non-hydrogen) atoms. The zero-order valence-corrected chi connectivity index (χ0v) is 13.9. The Morgan fingerprint density at radius 3 is 3.00 bits per heavy atom. The first-order valence-corrected chi connectivity index (χ1v) is 8.35. The summed E-state index contributed by atoms with van der Waals surface area (Å²) < 4.78 is 5.96. The quantitative estimate of drug-likeness (QED) is 0.702. The fraction of sp³-hybridized carbons (Fsp3) is 0.294. The third kappa shape index (κ3) is 2.87. The lowest BCUT2D eigenvalue weighted by Gasteiger charge is -2.13. The van der Waals surface area contributed by atoms with Gasteiger partial charge in [0.1, 0.15) is 4.88 Å². The first kappa shape index (κ1) is 15.7. The van der Waals surface area contributed by atoms with Crippen molar-refractivity contribution in [2.45, 2.75) is 19.4 Å². The van der Waals surface area contributed by atoms with Gasteiger partial charge < -0.3 is 15.8 Å². The van der Waals surface area contributed by atoms with E-state index in [9.17, 15) is 4.79 Å². The molecule has 1 atom stereocenters. The number of nitrogens with two attached hydrogens (primary N) is 1. The molecule has 6 heteroatoms. The summed E-state index contributed by atoms with van der Waals surface area (Å²) in [6.07, 6.45) is 2.63. The van der Waals surface area contributed by atoms with E-state index in [1.54, 1.807) is 6.20 Å². The molecule has 0 spiro atoms. The van der Waals surface area contributed by atoms with Crippen molar-refractivity contribution >= 4 is 44.0 Å². The van der Waals surface area contributed by atoms with Crippen molar-refractivity contribution in [2.24, 2.45) is 5.73 Å². The average Bonchev–Trinajstić information content (AvgIpc) is 2.98. The van der Waals surface area contributed by atoms with Crippen molar-refractivity contribution in [3.05, 3.63) is 35.3 Å². The number of pyridine rings is 1. The van der Waals surface area contributed by atoms with E-state index in [1.165, 1.54) is 18.4 Å². The molecule has 5 nitrogen and oxygen atoms in total. The van der Waals surface area contributed by atoms with Crippen molar-refractivity contribution < 1.29 is 9.53 Å². The van der Waals surface area contributed by atoms with E-state index in [2.05, 4.69) is 10.3 Å². The SMILES string of the molecule is CCC(N)CNc1c(C(=O)OC)sc2ccc3ncccc3c12. The number of rotatable bonds is 5. The maximum Gasteiger partial charge on any atom is 0.350 e. The van der Waals surface area contributed by atoms with Crippen LogP contribution in [0.25, 0.3) is 21.0 Å². The number of ether oxygens (including phenoxy) is 1. The van der Waals surface area contributed by atoms with Crippen LogP contribution in [0.3, 0.4) is 0 Å². The maximum atomic E-state index is 12.2. The van der Waals surface area contributed by atoms with Gasteiger partial charge in [0.2, 0.25) is 0 Å². The predicted molar refractivity (Wildman–Crippen MR) is 95.2 cm³/mol. The number of fused-ring (bicyclic) bond motifs is 3. The Bertz CT molecular complexity index is 860. The Morgan fingerprint density at radius 1 is 1.43 bits per heavy atom. The number of hydrogen-bond donors (Lipinski definition) is 2. The van der Waals surface area contributed by atoms with Gasteiger partial charge in [0, 0.05) is 34.3 Å². The van der Waals surface area contributed by atoms with Gasteiger partial charge in [0.05, 0.1) is 18.3 Å². The number of anilines is 1. The molecule has 2 aromatic heterocycles. The second-order valence-electron chi connectivity index (χ2n) is 5.36. The van der Waals surface area contributed by atoms with Gasteiger partial charge in [-0.3, -0.25) is 4.98 Å². The van der Waals surface area contributed by atoms with Gasteiger partial charge in [-0.25, -0.2) is 4.79 Å². The van der Waals surface area contributed by atoms with Crippen LogP contribution in [0.2, 0.25) is 0 Å².